The molecular formula is C15H27NO3. The highest BCUT2D eigenvalue weighted by Gasteiger charge is 2.41. The predicted molar refractivity (Wildman–Crippen MR) is 73.0 cm³/mol. The minimum atomic E-state index is -0.0359. The molecule has 4 heteroatoms. The van der Waals surface area contributed by atoms with E-state index in [2.05, 4.69) is 0 Å². The second-order valence-electron chi connectivity index (χ2n) is 6.47. The number of hydrogen-bond donors (Lipinski definition) is 1. The van der Waals surface area contributed by atoms with E-state index in [-0.39, 0.29) is 5.60 Å². The molecule has 4 unspecified atom stereocenters. The highest BCUT2D eigenvalue weighted by Crippen LogP contribution is 2.36. The van der Waals surface area contributed by atoms with E-state index in [1.165, 1.54) is 19.3 Å². The van der Waals surface area contributed by atoms with Crippen LogP contribution in [0.1, 0.15) is 38.5 Å². The lowest BCUT2D eigenvalue weighted by molar-refractivity contribution is -0.137. The Labute approximate surface area is 116 Å². The lowest BCUT2D eigenvalue weighted by Gasteiger charge is -2.37. The van der Waals surface area contributed by atoms with Crippen LogP contribution in [0.25, 0.3) is 0 Å². The van der Waals surface area contributed by atoms with Crippen LogP contribution in [0.3, 0.4) is 0 Å². The Hall–Kier alpha value is -0.160. The summed E-state index contributed by atoms with van der Waals surface area (Å²) in [5.41, 5.74) is 5.80. The van der Waals surface area contributed by atoms with Gasteiger partial charge >= 0.3 is 0 Å². The van der Waals surface area contributed by atoms with Gasteiger partial charge in [-0.2, -0.15) is 0 Å². The van der Waals surface area contributed by atoms with Crippen molar-refractivity contribution in [3.05, 3.63) is 0 Å². The third-order valence-corrected chi connectivity index (χ3v) is 5.18. The van der Waals surface area contributed by atoms with E-state index in [1.807, 2.05) is 0 Å². The molecule has 4 atom stereocenters. The van der Waals surface area contributed by atoms with Crippen LogP contribution in [-0.4, -0.2) is 44.7 Å². The molecule has 0 aromatic rings. The zero-order chi connectivity index (χ0) is 13.1. The van der Waals surface area contributed by atoms with Crippen LogP contribution in [0.2, 0.25) is 0 Å². The fraction of sp³-hybridized carbons (Fsp3) is 1.00. The van der Waals surface area contributed by atoms with Gasteiger partial charge in [0.2, 0.25) is 0 Å². The second kappa shape index (κ2) is 6.08. The molecule has 3 rings (SSSR count). The summed E-state index contributed by atoms with van der Waals surface area (Å²) in [7, 11) is 0. The van der Waals surface area contributed by atoms with Gasteiger partial charge in [-0.1, -0.05) is 6.42 Å². The Bertz CT molecular complexity index is 291. The van der Waals surface area contributed by atoms with Gasteiger partial charge in [-0.05, 0) is 37.6 Å². The molecule has 110 valence electrons. The first-order chi connectivity index (χ1) is 9.31. The minimum Gasteiger partial charge on any atom is -0.378 e. The maximum atomic E-state index is 6.19. The van der Waals surface area contributed by atoms with E-state index in [9.17, 15) is 0 Å². The van der Waals surface area contributed by atoms with E-state index >= 15 is 0 Å². The zero-order valence-electron chi connectivity index (χ0n) is 11.8. The molecule has 0 aromatic carbocycles. The normalized spacial score (nSPS) is 43.1. The van der Waals surface area contributed by atoms with Crippen molar-refractivity contribution in [2.45, 2.75) is 50.2 Å². The number of rotatable bonds is 4. The Morgan fingerprint density at radius 3 is 2.84 bits per heavy atom. The van der Waals surface area contributed by atoms with E-state index in [4.69, 9.17) is 19.9 Å². The molecule has 2 aliphatic heterocycles. The average Bonchev–Trinajstić information content (AvgIpc) is 3.06. The van der Waals surface area contributed by atoms with Gasteiger partial charge < -0.3 is 19.9 Å². The summed E-state index contributed by atoms with van der Waals surface area (Å²) in [5.74, 6) is 1.37. The first-order valence-corrected chi connectivity index (χ1v) is 7.85. The van der Waals surface area contributed by atoms with Gasteiger partial charge in [0.05, 0.1) is 24.9 Å². The first kappa shape index (κ1) is 13.8. The standard InChI is InChI=1S/C15H27NO3/c16-9-12-2-1-3-13(12)10-18-14-4-6-19-15(8-14)5-7-17-11-15/h12-14H,1-11,16H2. The Balaban J connectivity index is 1.47. The van der Waals surface area contributed by atoms with Crippen molar-refractivity contribution < 1.29 is 14.2 Å². The van der Waals surface area contributed by atoms with Crippen LogP contribution in [0.15, 0.2) is 0 Å². The van der Waals surface area contributed by atoms with Crippen LogP contribution in [-0.2, 0) is 14.2 Å². The van der Waals surface area contributed by atoms with Crippen molar-refractivity contribution in [1.82, 2.24) is 0 Å². The van der Waals surface area contributed by atoms with E-state index in [1.54, 1.807) is 0 Å². The molecule has 0 radical (unpaired) electrons. The van der Waals surface area contributed by atoms with Crippen molar-refractivity contribution in [3.63, 3.8) is 0 Å². The van der Waals surface area contributed by atoms with Crippen LogP contribution >= 0.6 is 0 Å². The third-order valence-electron chi connectivity index (χ3n) is 5.18. The van der Waals surface area contributed by atoms with Crippen molar-refractivity contribution in [1.29, 1.82) is 0 Å². The lowest BCUT2D eigenvalue weighted by Crippen LogP contribution is -2.43. The molecule has 0 bridgehead atoms. The maximum absolute atomic E-state index is 6.19. The van der Waals surface area contributed by atoms with E-state index < -0.39 is 0 Å². The maximum Gasteiger partial charge on any atom is 0.0961 e. The average molecular weight is 269 g/mol. The predicted octanol–water partition coefficient (Wildman–Crippen LogP) is 1.72. The molecule has 3 fully saturated rings. The summed E-state index contributed by atoms with van der Waals surface area (Å²) >= 11 is 0. The monoisotopic (exact) mass is 269 g/mol. The van der Waals surface area contributed by atoms with Gasteiger partial charge in [0.15, 0.2) is 0 Å². The van der Waals surface area contributed by atoms with Gasteiger partial charge in [-0.25, -0.2) is 0 Å². The minimum absolute atomic E-state index is 0.0359. The smallest absolute Gasteiger partial charge is 0.0961 e. The van der Waals surface area contributed by atoms with Gasteiger partial charge in [0, 0.05) is 26.1 Å². The highest BCUT2D eigenvalue weighted by atomic mass is 16.6. The quantitative estimate of drug-likeness (QED) is 0.844. The Morgan fingerprint density at radius 2 is 2.05 bits per heavy atom. The molecule has 1 aliphatic carbocycles. The molecule has 2 heterocycles. The van der Waals surface area contributed by atoms with E-state index in [0.717, 1.165) is 52.2 Å². The van der Waals surface area contributed by atoms with E-state index in [0.29, 0.717) is 17.9 Å². The van der Waals surface area contributed by atoms with Crippen LogP contribution in [0, 0.1) is 11.8 Å². The Morgan fingerprint density at radius 1 is 1.16 bits per heavy atom. The Kier molecular flexibility index (Phi) is 4.42. The van der Waals surface area contributed by atoms with Gasteiger partial charge in [-0.3, -0.25) is 0 Å². The molecule has 1 saturated carbocycles. The van der Waals surface area contributed by atoms with Crippen molar-refractivity contribution >= 4 is 0 Å². The number of nitrogens with two attached hydrogens (primary N) is 1. The van der Waals surface area contributed by atoms with Crippen molar-refractivity contribution in [3.8, 4) is 0 Å². The molecule has 0 amide bonds. The fourth-order valence-electron chi connectivity index (χ4n) is 3.89. The summed E-state index contributed by atoms with van der Waals surface area (Å²) in [5, 5.41) is 0. The lowest BCUT2D eigenvalue weighted by atomic mass is 9.91. The molecule has 1 spiro atoms. The molecule has 19 heavy (non-hydrogen) atoms. The SMILES string of the molecule is NCC1CCCC1COC1CCOC2(CCOC2)C1. The van der Waals surface area contributed by atoms with Crippen molar-refractivity contribution in [2.24, 2.45) is 17.6 Å². The fourth-order valence-corrected chi connectivity index (χ4v) is 3.89. The molecule has 3 aliphatic rings. The van der Waals surface area contributed by atoms with Gasteiger partial charge in [0.1, 0.15) is 0 Å². The van der Waals surface area contributed by atoms with Crippen LogP contribution in [0.4, 0.5) is 0 Å². The zero-order valence-corrected chi connectivity index (χ0v) is 11.8. The summed E-state index contributed by atoms with van der Waals surface area (Å²) in [6.45, 7) is 4.12. The summed E-state index contributed by atoms with van der Waals surface area (Å²) in [6, 6.07) is 0. The van der Waals surface area contributed by atoms with Crippen LogP contribution < -0.4 is 5.73 Å². The third kappa shape index (κ3) is 3.13. The first-order valence-electron chi connectivity index (χ1n) is 7.85. The van der Waals surface area contributed by atoms with Gasteiger partial charge in [-0.15, -0.1) is 0 Å². The molecule has 0 aromatic heterocycles. The summed E-state index contributed by atoms with van der Waals surface area (Å²) < 4.78 is 17.6. The topological polar surface area (TPSA) is 53.7 Å². The summed E-state index contributed by atoms with van der Waals surface area (Å²) in [6.07, 6.45) is 7.32. The molecule has 4 nitrogen and oxygen atoms in total. The molecule has 2 saturated heterocycles. The molecule has 2 N–H and O–H groups in total. The summed E-state index contributed by atoms with van der Waals surface area (Å²) in [4.78, 5) is 0. The number of ether oxygens (including phenoxy) is 3. The largest absolute Gasteiger partial charge is 0.378 e. The highest BCUT2D eigenvalue weighted by molar-refractivity contribution is 4.91. The van der Waals surface area contributed by atoms with Gasteiger partial charge in [0.25, 0.3) is 0 Å². The second-order valence-corrected chi connectivity index (χ2v) is 6.47. The molecular weight excluding hydrogens is 242 g/mol. The van der Waals surface area contributed by atoms with Crippen LogP contribution in [0.5, 0.6) is 0 Å². The van der Waals surface area contributed by atoms with Crippen molar-refractivity contribution in [2.75, 3.05) is 33.0 Å². The number of hydrogen-bond acceptors (Lipinski definition) is 4.